The lowest BCUT2D eigenvalue weighted by molar-refractivity contribution is -0.141. The summed E-state index contributed by atoms with van der Waals surface area (Å²) in [6, 6.07) is 13.4. The van der Waals surface area contributed by atoms with Crippen LogP contribution < -0.4 is 10.0 Å². The Kier molecular flexibility index (Phi) is 7.63. The quantitative estimate of drug-likeness (QED) is 0.471. The molecule has 29 heavy (non-hydrogen) atoms. The van der Waals surface area contributed by atoms with Crippen LogP contribution in [0.2, 0.25) is 0 Å². The van der Waals surface area contributed by atoms with Crippen molar-refractivity contribution < 1.29 is 27.5 Å². The lowest BCUT2D eigenvalue weighted by atomic mass is 10.1. The molecule has 0 aliphatic carbocycles. The van der Waals surface area contributed by atoms with Crippen LogP contribution in [0.15, 0.2) is 59.5 Å². The van der Waals surface area contributed by atoms with Crippen molar-refractivity contribution in [3.8, 4) is 0 Å². The highest BCUT2D eigenvalue weighted by Gasteiger charge is 2.16. The largest absolute Gasteiger partial charge is 0.456 e. The number of ketones is 1. The molecule has 2 rings (SSSR count). The molecular weight excluding hydrogens is 396 g/mol. The summed E-state index contributed by atoms with van der Waals surface area (Å²) in [5.41, 5.74) is 0.605. The number of ether oxygens (including phenoxy) is 1. The molecule has 0 heterocycles. The Morgan fingerprint density at radius 3 is 2.14 bits per heavy atom. The zero-order valence-electron chi connectivity index (χ0n) is 16.0. The molecule has 0 radical (unpaired) electrons. The summed E-state index contributed by atoms with van der Waals surface area (Å²) in [5.74, 6) is -1.68. The van der Waals surface area contributed by atoms with E-state index in [4.69, 9.17) is 4.74 Å². The zero-order valence-corrected chi connectivity index (χ0v) is 16.9. The van der Waals surface area contributed by atoms with Crippen LogP contribution in [0.5, 0.6) is 0 Å². The van der Waals surface area contributed by atoms with Gasteiger partial charge in [0.25, 0.3) is 5.91 Å². The molecule has 0 unspecified atom stereocenters. The maximum Gasteiger partial charge on any atom is 0.325 e. The predicted molar refractivity (Wildman–Crippen MR) is 106 cm³/mol. The van der Waals surface area contributed by atoms with E-state index >= 15 is 0 Å². The number of Topliss-reactive ketones (excluding diaryl/α,β-unsaturated/α-hetero) is 1. The SMILES string of the molecule is CC(C)NS(=O)(=O)c1ccc(C(=O)NCC(=O)OCC(=O)c2ccccc2)cc1. The van der Waals surface area contributed by atoms with Gasteiger partial charge in [0.15, 0.2) is 12.4 Å². The van der Waals surface area contributed by atoms with Gasteiger partial charge in [-0.15, -0.1) is 0 Å². The molecule has 2 aromatic rings. The fraction of sp³-hybridized carbons (Fsp3) is 0.250. The van der Waals surface area contributed by atoms with E-state index in [1.807, 2.05) is 0 Å². The van der Waals surface area contributed by atoms with Crippen LogP contribution in [0.25, 0.3) is 0 Å². The van der Waals surface area contributed by atoms with E-state index in [0.29, 0.717) is 5.56 Å². The molecule has 1 amide bonds. The molecular formula is C20H22N2O6S. The number of carbonyl (C=O) groups is 3. The summed E-state index contributed by atoms with van der Waals surface area (Å²) < 4.78 is 31.4. The van der Waals surface area contributed by atoms with Crippen LogP contribution in [0.4, 0.5) is 0 Å². The van der Waals surface area contributed by atoms with Crippen LogP contribution in [-0.4, -0.2) is 45.3 Å². The minimum atomic E-state index is -3.65. The van der Waals surface area contributed by atoms with Crippen molar-refractivity contribution in [2.75, 3.05) is 13.2 Å². The molecule has 0 spiro atoms. The highest BCUT2D eigenvalue weighted by atomic mass is 32.2. The molecule has 0 aliphatic heterocycles. The number of esters is 1. The minimum absolute atomic E-state index is 0.0292. The standard InChI is InChI=1S/C20H22N2O6S/c1-14(2)22-29(26,27)17-10-8-16(9-11-17)20(25)21-12-19(24)28-13-18(23)15-6-4-3-5-7-15/h3-11,14,22H,12-13H2,1-2H3,(H,21,25). The van der Waals surface area contributed by atoms with Gasteiger partial charge in [-0.1, -0.05) is 30.3 Å². The Labute approximate surface area is 169 Å². The molecule has 0 atom stereocenters. The normalized spacial score (nSPS) is 11.1. The number of benzene rings is 2. The van der Waals surface area contributed by atoms with Gasteiger partial charge in [0.1, 0.15) is 6.54 Å². The molecule has 0 aromatic heterocycles. The molecule has 0 fully saturated rings. The van der Waals surface area contributed by atoms with E-state index in [0.717, 1.165) is 0 Å². The first-order chi connectivity index (χ1) is 13.7. The van der Waals surface area contributed by atoms with Gasteiger partial charge in [-0.05, 0) is 38.1 Å². The number of hydrogen-bond donors (Lipinski definition) is 2. The number of amides is 1. The predicted octanol–water partition coefficient (Wildman–Crippen LogP) is 1.53. The van der Waals surface area contributed by atoms with Gasteiger partial charge in [0, 0.05) is 17.2 Å². The van der Waals surface area contributed by atoms with Crippen molar-refractivity contribution in [2.24, 2.45) is 0 Å². The average Bonchev–Trinajstić information content (AvgIpc) is 2.70. The van der Waals surface area contributed by atoms with Crippen molar-refractivity contribution in [3.63, 3.8) is 0 Å². The molecule has 2 N–H and O–H groups in total. The third-order valence-electron chi connectivity index (χ3n) is 3.67. The summed E-state index contributed by atoms with van der Waals surface area (Å²) in [6.07, 6.45) is 0. The summed E-state index contributed by atoms with van der Waals surface area (Å²) in [4.78, 5) is 35.7. The van der Waals surface area contributed by atoms with Crippen LogP contribution in [0.1, 0.15) is 34.6 Å². The third-order valence-corrected chi connectivity index (χ3v) is 5.35. The number of rotatable bonds is 9. The van der Waals surface area contributed by atoms with E-state index < -0.39 is 35.1 Å². The van der Waals surface area contributed by atoms with Gasteiger partial charge < -0.3 is 10.1 Å². The number of sulfonamides is 1. The first-order valence-electron chi connectivity index (χ1n) is 8.83. The summed E-state index contributed by atoms with van der Waals surface area (Å²) >= 11 is 0. The fourth-order valence-electron chi connectivity index (χ4n) is 2.32. The van der Waals surface area contributed by atoms with E-state index in [1.54, 1.807) is 44.2 Å². The molecule has 0 aliphatic rings. The van der Waals surface area contributed by atoms with Crippen LogP contribution in [0.3, 0.4) is 0 Å². The van der Waals surface area contributed by atoms with E-state index in [9.17, 15) is 22.8 Å². The van der Waals surface area contributed by atoms with Crippen molar-refractivity contribution >= 4 is 27.7 Å². The monoisotopic (exact) mass is 418 g/mol. The molecule has 0 saturated carbocycles. The maximum atomic E-state index is 12.1. The van der Waals surface area contributed by atoms with Gasteiger partial charge in [-0.3, -0.25) is 14.4 Å². The molecule has 2 aromatic carbocycles. The highest BCUT2D eigenvalue weighted by molar-refractivity contribution is 7.89. The number of carbonyl (C=O) groups excluding carboxylic acids is 3. The Morgan fingerprint density at radius 1 is 0.931 bits per heavy atom. The summed E-state index contributed by atoms with van der Waals surface area (Å²) in [5, 5.41) is 2.36. The first kappa shape index (κ1) is 22.3. The second kappa shape index (κ2) is 9.94. The topological polar surface area (TPSA) is 119 Å². The molecule has 0 saturated heterocycles. The Balaban J connectivity index is 1.84. The Bertz CT molecular complexity index is 970. The molecule has 154 valence electrons. The average molecular weight is 418 g/mol. The van der Waals surface area contributed by atoms with E-state index in [1.165, 1.54) is 24.3 Å². The van der Waals surface area contributed by atoms with Crippen molar-refractivity contribution in [1.82, 2.24) is 10.0 Å². The van der Waals surface area contributed by atoms with Gasteiger partial charge >= 0.3 is 5.97 Å². The van der Waals surface area contributed by atoms with Crippen molar-refractivity contribution in [1.29, 1.82) is 0 Å². The molecule has 8 nitrogen and oxygen atoms in total. The highest BCUT2D eigenvalue weighted by Crippen LogP contribution is 2.11. The zero-order chi connectivity index (χ0) is 21.4. The smallest absolute Gasteiger partial charge is 0.325 e. The third kappa shape index (κ3) is 6.81. The number of hydrogen-bond acceptors (Lipinski definition) is 6. The van der Waals surface area contributed by atoms with Crippen LogP contribution in [-0.2, 0) is 19.6 Å². The Morgan fingerprint density at radius 2 is 1.55 bits per heavy atom. The fourth-order valence-corrected chi connectivity index (χ4v) is 3.57. The minimum Gasteiger partial charge on any atom is -0.456 e. The van der Waals surface area contributed by atoms with Gasteiger partial charge in [-0.2, -0.15) is 0 Å². The van der Waals surface area contributed by atoms with Crippen molar-refractivity contribution in [2.45, 2.75) is 24.8 Å². The van der Waals surface area contributed by atoms with Crippen LogP contribution >= 0.6 is 0 Å². The second-order valence-electron chi connectivity index (χ2n) is 6.43. The van der Waals surface area contributed by atoms with Crippen molar-refractivity contribution in [3.05, 3.63) is 65.7 Å². The maximum absolute atomic E-state index is 12.1. The van der Waals surface area contributed by atoms with Gasteiger partial charge in [0.2, 0.25) is 10.0 Å². The number of nitrogens with one attached hydrogen (secondary N) is 2. The van der Waals surface area contributed by atoms with E-state index in [-0.39, 0.29) is 22.3 Å². The molecule has 0 bridgehead atoms. The summed E-state index contributed by atoms with van der Waals surface area (Å²) in [7, 11) is -3.65. The van der Waals surface area contributed by atoms with Gasteiger partial charge in [-0.25, -0.2) is 13.1 Å². The van der Waals surface area contributed by atoms with E-state index in [2.05, 4.69) is 10.0 Å². The molecule has 9 heteroatoms. The lowest BCUT2D eigenvalue weighted by Gasteiger charge is -2.10. The lowest BCUT2D eigenvalue weighted by Crippen LogP contribution is -2.32. The Hall–Kier alpha value is -3.04. The first-order valence-corrected chi connectivity index (χ1v) is 10.3. The summed E-state index contributed by atoms with van der Waals surface area (Å²) in [6.45, 7) is 2.56. The van der Waals surface area contributed by atoms with Crippen LogP contribution in [0, 0.1) is 0 Å². The second-order valence-corrected chi connectivity index (χ2v) is 8.15. The van der Waals surface area contributed by atoms with Gasteiger partial charge in [0.05, 0.1) is 4.90 Å².